The standard InChI is InChI=1S/C26H21Cl3FN3O6S/c27-17-5-1-16(2-6-17)26(37)32-11-12-33(40(38,39)19-9-10-20(28)21(29)13-19)25(32)24(36)31-22(14-23(34)35)15-3-7-18(30)8-4-15/h1-10,13,22,25H,11-12,14H2,(H,31,36)(H,34,35). The number of carboxylic acids is 1. The van der Waals surface area contributed by atoms with Crippen LogP contribution >= 0.6 is 34.8 Å². The summed E-state index contributed by atoms with van der Waals surface area (Å²) in [5, 5.41) is 12.4. The Morgan fingerprint density at radius 2 is 1.60 bits per heavy atom. The summed E-state index contributed by atoms with van der Waals surface area (Å²) in [4.78, 5) is 39.6. The van der Waals surface area contributed by atoms with Crippen LogP contribution < -0.4 is 5.32 Å². The van der Waals surface area contributed by atoms with E-state index in [-0.39, 0.29) is 39.2 Å². The van der Waals surface area contributed by atoms with Gasteiger partial charge in [0.1, 0.15) is 5.82 Å². The van der Waals surface area contributed by atoms with Gasteiger partial charge in [0.2, 0.25) is 10.0 Å². The Morgan fingerprint density at radius 1 is 0.950 bits per heavy atom. The van der Waals surface area contributed by atoms with Gasteiger partial charge in [-0.1, -0.05) is 46.9 Å². The number of benzene rings is 3. The van der Waals surface area contributed by atoms with Crippen molar-refractivity contribution in [3.05, 3.63) is 98.7 Å². The molecule has 1 aliphatic heterocycles. The van der Waals surface area contributed by atoms with Crippen molar-refractivity contribution < 1.29 is 32.3 Å². The summed E-state index contributed by atoms with van der Waals surface area (Å²) in [6.07, 6.45) is -2.28. The highest BCUT2D eigenvalue weighted by Gasteiger charge is 2.47. The van der Waals surface area contributed by atoms with Crippen molar-refractivity contribution in [1.82, 2.24) is 14.5 Å². The molecule has 40 heavy (non-hydrogen) atoms. The summed E-state index contributed by atoms with van der Waals surface area (Å²) in [5.74, 6) is -3.45. The summed E-state index contributed by atoms with van der Waals surface area (Å²) < 4.78 is 41.7. The molecule has 4 rings (SSSR count). The van der Waals surface area contributed by atoms with Gasteiger partial charge in [0.25, 0.3) is 11.8 Å². The molecule has 3 aromatic rings. The first-order chi connectivity index (χ1) is 18.9. The maximum absolute atomic E-state index is 13.7. The molecular weight excluding hydrogens is 608 g/mol. The Hall–Kier alpha value is -3.22. The molecule has 14 heteroatoms. The molecule has 1 fully saturated rings. The monoisotopic (exact) mass is 627 g/mol. The zero-order valence-electron chi connectivity index (χ0n) is 20.4. The Balaban J connectivity index is 1.74. The molecule has 2 amide bonds. The number of hydrogen-bond acceptors (Lipinski definition) is 5. The molecule has 0 saturated carbocycles. The maximum atomic E-state index is 13.7. The Bertz CT molecular complexity index is 1550. The van der Waals surface area contributed by atoms with Crippen LogP contribution in [0.1, 0.15) is 28.4 Å². The fourth-order valence-corrected chi connectivity index (χ4v) is 6.30. The van der Waals surface area contributed by atoms with E-state index in [1.807, 2.05) is 0 Å². The lowest BCUT2D eigenvalue weighted by Crippen LogP contribution is -2.54. The molecule has 2 atom stereocenters. The van der Waals surface area contributed by atoms with E-state index in [4.69, 9.17) is 34.8 Å². The molecule has 0 spiro atoms. The Morgan fingerprint density at radius 3 is 2.20 bits per heavy atom. The van der Waals surface area contributed by atoms with Gasteiger partial charge in [0, 0.05) is 23.7 Å². The third-order valence-electron chi connectivity index (χ3n) is 6.18. The Labute approximate surface area is 244 Å². The van der Waals surface area contributed by atoms with E-state index < -0.39 is 52.3 Å². The number of nitrogens with one attached hydrogen (secondary N) is 1. The maximum Gasteiger partial charge on any atom is 0.305 e. The molecule has 0 bridgehead atoms. The molecule has 0 radical (unpaired) electrons. The van der Waals surface area contributed by atoms with Crippen LogP contribution in [0.3, 0.4) is 0 Å². The topological polar surface area (TPSA) is 124 Å². The molecule has 2 N–H and O–H groups in total. The van der Waals surface area contributed by atoms with E-state index in [0.29, 0.717) is 5.02 Å². The normalized spacial score (nSPS) is 16.5. The predicted molar refractivity (Wildman–Crippen MR) is 146 cm³/mol. The van der Waals surface area contributed by atoms with E-state index in [1.54, 1.807) is 0 Å². The lowest BCUT2D eigenvalue weighted by atomic mass is 10.0. The van der Waals surface area contributed by atoms with Gasteiger partial charge in [-0.2, -0.15) is 4.31 Å². The number of carbonyl (C=O) groups excluding carboxylic acids is 2. The van der Waals surface area contributed by atoms with Crippen LogP contribution in [0.5, 0.6) is 0 Å². The van der Waals surface area contributed by atoms with E-state index in [0.717, 1.165) is 27.4 Å². The second-order valence-electron chi connectivity index (χ2n) is 8.78. The zero-order chi connectivity index (χ0) is 29.2. The molecule has 2 unspecified atom stereocenters. The van der Waals surface area contributed by atoms with Gasteiger partial charge in [0.15, 0.2) is 6.17 Å². The van der Waals surface area contributed by atoms with Crippen molar-refractivity contribution in [1.29, 1.82) is 0 Å². The van der Waals surface area contributed by atoms with E-state index in [9.17, 15) is 32.3 Å². The number of rotatable bonds is 8. The highest BCUT2D eigenvalue weighted by Crippen LogP contribution is 2.31. The number of halogens is 4. The SMILES string of the molecule is O=C(O)CC(NC(=O)C1N(C(=O)c2ccc(Cl)cc2)CCN1S(=O)(=O)c1ccc(Cl)c(Cl)c1)c1ccc(F)cc1. The molecule has 9 nitrogen and oxygen atoms in total. The molecule has 3 aromatic carbocycles. The summed E-state index contributed by atoms with van der Waals surface area (Å²) >= 11 is 17.9. The molecule has 0 aromatic heterocycles. The van der Waals surface area contributed by atoms with Crippen LogP contribution in [0.25, 0.3) is 0 Å². The van der Waals surface area contributed by atoms with Gasteiger partial charge in [-0.05, 0) is 60.2 Å². The fraction of sp³-hybridized carbons (Fsp3) is 0.192. The summed E-state index contributed by atoms with van der Waals surface area (Å²) in [6, 6.07) is 13.1. The van der Waals surface area contributed by atoms with E-state index >= 15 is 0 Å². The third kappa shape index (κ3) is 6.39. The van der Waals surface area contributed by atoms with Gasteiger partial charge in [-0.15, -0.1) is 0 Å². The number of nitrogens with zero attached hydrogens (tertiary/aromatic N) is 2. The average Bonchev–Trinajstić information content (AvgIpc) is 3.36. The summed E-state index contributed by atoms with van der Waals surface area (Å²) in [7, 11) is -4.41. The highest BCUT2D eigenvalue weighted by molar-refractivity contribution is 7.89. The van der Waals surface area contributed by atoms with Crippen molar-refractivity contribution in [2.24, 2.45) is 0 Å². The van der Waals surface area contributed by atoms with E-state index in [2.05, 4.69) is 5.32 Å². The first-order valence-corrected chi connectivity index (χ1v) is 14.3. The van der Waals surface area contributed by atoms with Crippen molar-refractivity contribution in [2.45, 2.75) is 23.5 Å². The molecule has 1 saturated heterocycles. The highest BCUT2D eigenvalue weighted by atomic mass is 35.5. The molecule has 0 aliphatic carbocycles. The number of amides is 2. The molecule has 210 valence electrons. The molecule has 1 heterocycles. The average molecular weight is 629 g/mol. The van der Waals surface area contributed by atoms with Crippen molar-refractivity contribution in [2.75, 3.05) is 13.1 Å². The van der Waals surface area contributed by atoms with Crippen molar-refractivity contribution in [3.63, 3.8) is 0 Å². The van der Waals surface area contributed by atoms with Crippen LogP contribution in [0.15, 0.2) is 71.6 Å². The van der Waals surface area contributed by atoms with Gasteiger partial charge in [-0.25, -0.2) is 12.8 Å². The quantitative estimate of drug-likeness (QED) is 0.376. The van der Waals surface area contributed by atoms with Gasteiger partial charge >= 0.3 is 5.97 Å². The van der Waals surface area contributed by atoms with Crippen LogP contribution in [-0.4, -0.2) is 59.8 Å². The first kappa shape index (κ1) is 29.8. The smallest absolute Gasteiger partial charge is 0.305 e. The number of sulfonamides is 1. The van der Waals surface area contributed by atoms with Crippen molar-refractivity contribution >= 4 is 62.6 Å². The minimum absolute atomic E-state index is 0.0325. The lowest BCUT2D eigenvalue weighted by molar-refractivity contribution is -0.138. The summed E-state index contributed by atoms with van der Waals surface area (Å²) in [5.41, 5.74) is 0.418. The lowest BCUT2D eigenvalue weighted by Gasteiger charge is -2.30. The number of carbonyl (C=O) groups is 3. The number of aliphatic carboxylic acids is 1. The summed E-state index contributed by atoms with van der Waals surface area (Å²) in [6.45, 7) is -0.402. The largest absolute Gasteiger partial charge is 0.481 e. The van der Waals surface area contributed by atoms with Crippen LogP contribution in [0, 0.1) is 5.82 Å². The first-order valence-electron chi connectivity index (χ1n) is 11.7. The Kier molecular flexibility index (Phi) is 9.01. The van der Waals surface area contributed by atoms with E-state index in [1.165, 1.54) is 48.5 Å². The van der Waals surface area contributed by atoms with Crippen LogP contribution in [-0.2, 0) is 19.6 Å². The zero-order valence-corrected chi connectivity index (χ0v) is 23.5. The number of hydrogen-bond donors (Lipinski definition) is 2. The van der Waals surface area contributed by atoms with Gasteiger partial charge < -0.3 is 15.3 Å². The third-order valence-corrected chi connectivity index (χ3v) is 9.02. The molecule has 1 aliphatic rings. The minimum Gasteiger partial charge on any atom is -0.481 e. The fourth-order valence-electron chi connectivity index (χ4n) is 4.24. The van der Waals surface area contributed by atoms with Crippen molar-refractivity contribution in [3.8, 4) is 0 Å². The van der Waals surface area contributed by atoms with Crippen LogP contribution in [0.2, 0.25) is 15.1 Å². The van der Waals surface area contributed by atoms with Gasteiger partial charge in [0.05, 0.1) is 27.4 Å². The second kappa shape index (κ2) is 12.1. The predicted octanol–water partition coefficient (Wildman–Crippen LogP) is 4.59. The van der Waals surface area contributed by atoms with Gasteiger partial charge in [-0.3, -0.25) is 14.4 Å². The van der Waals surface area contributed by atoms with Crippen LogP contribution in [0.4, 0.5) is 4.39 Å². The molecular formula is C26H21Cl3FN3O6S. The minimum atomic E-state index is -4.41. The number of carboxylic acid groups (broad SMARTS) is 1. The second-order valence-corrected chi connectivity index (χ2v) is 11.9.